The molecule has 3 heteroatoms. The van der Waals surface area contributed by atoms with Gasteiger partial charge >= 0.3 is 5.97 Å². The maximum absolute atomic E-state index is 10.2. The van der Waals surface area contributed by atoms with Gasteiger partial charge in [-0.3, -0.25) is 4.79 Å². The number of rotatable bonds is 2. The van der Waals surface area contributed by atoms with Gasteiger partial charge in [-0.2, -0.15) is 0 Å². The quantitative estimate of drug-likeness (QED) is 0.281. The summed E-state index contributed by atoms with van der Waals surface area (Å²) in [6.07, 6.45) is 3.16. The molecule has 0 aromatic rings. The van der Waals surface area contributed by atoms with E-state index in [4.69, 9.17) is 11.6 Å². The monoisotopic (exact) mass is 184 g/mol. The van der Waals surface area contributed by atoms with Gasteiger partial charge in [-0.15, -0.1) is 17.3 Å². The Balaban J connectivity index is 3.61. The van der Waals surface area contributed by atoms with Crippen LogP contribution in [0.3, 0.4) is 0 Å². The van der Waals surface area contributed by atoms with Gasteiger partial charge in [-0.05, 0) is 6.08 Å². The lowest BCUT2D eigenvalue weighted by atomic mass is 10.5. The van der Waals surface area contributed by atoms with Crippen molar-refractivity contribution >= 4 is 17.6 Å². The fourth-order valence-electron chi connectivity index (χ4n) is 0.376. The topological polar surface area (TPSA) is 26.3 Å². The molecule has 0 aliphatic heterocycles. The number of carbonyl (C=O) groups excluding carboxylic acids is 1. The summed E-state index contributed by atoms with van der Waals surface area (Å²) in [6, 6.07) is 0. The Hall–Kier alpha value is -1.16. The maximum atomic E-state index is 10.2. The van der Waals surface area contributed by atoms with E-state index >= 15 is 0 Å². The number of ether oxygens (including phenoxy) is 1. The minimum atomic E-state index is -0.329. The molecule has 0 rings (SSSR count). The van der Waals surface area contributed by atoms with Gasteiger partial charge in [0.15, 0.2) is 6.61 Å². The number of alkyl halides is 1. The van der Waals surface area contributed by atoms with Gasteiger partial charge in [0.05, 0.1) is 0 Å². The first-order valence-electron chi connectivity index (χ1n) is 3.34. The van der Waals surface area contributed by atoms with Crippen molar-refractivity contribution in [3.8, 4) is 11.8 Å². The van der Waals surface area contributed by atoms with Crippen molar-refractivity contribution in [3.63, 3.8) is 0 Å². The lowest BCUT2D eigenvalue weighted by molar-refractivity contribution is -0.139. The Kier molecular flexibility index (Phi) is 7.17. The molecule has 0 amide bonds. The molecule has 64 valence electrons. The Labute approximate surface area is 76.9 Å². The number of halogens is 1. The van der Waals surface area contributed by atoms with Crippen LogP contribution in [0.4, 0.5) is 0 Å². The molecule has 0 bridgehead atoms. The largest absolute Gasteiger partial charge is 0.453 e. The van der Waals surface area contributed by atoms with Crippen molar-refractivity contribution in [1.29, 1.82) is 0 Å². The van der Waals surface area contributed by atoms with E-state index in [2.05, 4.69) is 22.3 Å². The molecule has 12 heavy (non-hydrogen) atoms. The van der Waals surface area contributed by atoms with Crippen LogP contribution in [0.25, 0.3) is 0 Å². The van der Waals surface area contributed by atoms with Crippen molar-refractivity contribution < 1.29 is 9.53 Å². The van der Waals surface area contributed by atoms with E-state index in [1.165, 1.54) is 13.0 Å². The molecule has 0 unspecified atom stereocenters. The predicted octanol–water partition coefficient (Wildman–Crippen LogP) is 1.50. The summed E-state index contributed by atoms with van der Waals surface area (Å²) in [5.41, 5.74) is 2.73. The third-order valence-corrected chi connectivity index (χ3v) is 0.954. The molecule has 0 saturated heterocycles. The first-order chi connectivity index (χ1) is 5.77. The molecule has 0 spiro atoms. The standard InChI is InChI=1S/C9H9ClO2/c1-9(11)12-8-6-4-2-3-5-7-10/h2,5H,7-8H2,1H3. The number of hydrogen-bond acceptors (Lipinski definition) is 2. The molecular weight excluding hydrogens is 176 g/mol. The van der Waals surface area contributed by atoms with Gasteiger partial charge in [0, 0.05) is 18.9 Å². The minimum absolute atomic E-state index is 0.119. The molecule has 0 aliphatic carbocycles. The smallest absolute Gasteiger partial charge is 0.303 e. The average molecular weight is 185 g/mol. The zero-order valence-electron chi connectivity index (χ0n) is 6.76. The van der Waals surface area contributed by atoms with Gasteiger partial charge in [-0.1, -0.05) is 11.8 Å². The van der Waals surface area contributed by atoms with E-state index in [0.29, 0.717) is 5.88 Å². The summed E-state index contributed by atoms with van der Waals surface area (Å²) in [6.45, 7) is 1.46. The summed E-state index contributed by atoms with van der Waals surface area (Å²) in [4.78, 5) is 10.2. The second kappa shape index (κ2) is 7.94. The van der Waals surface area contributed by atoms with Crippen LogP contribution < -0.4 is 0 Å². The molecule has 2 nitrogen and oxygen atoms in total. The van der Waals surface area contributed by atoms with Crippen LogP contribution in [0.15, 0.2) is 17.9 Å². The van der Waals surface area contributed by atoms with E-state index in [1.807, 2.05) is 0 Å². The molecular formula is C9H9ClO2. The molecule has 0 radical (unpaired) electrons. The highest BCUT2D eigenvalue weighted by molar-refractivity contribution is 6.18. The summed E-state index contributed by atoms with van der Waals surface area (Å²) in [5.74, 6) is 5.31. The van der Waals surface area contributed by atoms with Gasteiger partial charge in [0.1, 0.15) is 0 Å². The van der Waals surface area contributed by atoms with Crippen molar-refractivity contribution in [1.82, 2.24) is 0 Å². The first-order valence-corrected chi connectivity index (χ1v) is 3.88. The number of esters is 1. The molecule has 0 N–H and O–H groups in total. The van der Waals surface area contributed by atoms with Gasteiger partial charge in [0.25, 0.3) is 0 Å². The summed E-state index contributed by atoms with van der Waals surface area (Å²) >= 11 is 5.33. The average Bonchev–Trinajstić information content (AvgIpc) is 2.02. The Morgan fingerprint density at radius 1 is 1.67 bits per heavy atom. The lowest BCUT2D eigenvalue weighted by Gasteiger charge is -1.89. The molecule has 0 saturated carbocycles. The molecule has 0 fully saturated rings. The van der Waals surface area contributed by atoms with Crippen molar-refractivity contribution in [2.45, 2.75) is 6.92 Å². The molecule has 0 atom stereocenters. The number of carbonyl (C=O) groups is 1. The molecule has 0 aromatic carbocycles. The molecule has 0 aliphatic rings. The maximum Gasteiger partial charge on any atom is 0.303 e. The SMILES string of the molecule is CC(=O)OCC#CC=C=CCCl. The fraction of sp³-hybridized carbons (Fsp3) is 0.333. The third-order valence-electron chi connectivity index (χ3n) is 0.800. The van der Waals surface area contributed by atoms with Gasteiger partial charge in [0.2, 0.25) is 0 Å². The summed E-state index contributed by atoms with van der Waals surface area (Å²) < 4.78 is 4.55. The van der Waals surface area contributed by atoms with Crippen LogP contribution in [0.5, 0.6) is 0 Å². The molecule has 0 heterocycles. The van der Waals surface area contributed by atoms with Crippen LogP contribution >= 0.6 is 11.6 Å². The minimum Gasteiger partial charge on any atom is -0.453 e. The van der Waals surface area contributed by atoms with E-state index in [-0.39, 0.29) is 12.6 Å². The van der Waals surface area contributed by atoms with Crippen LogP contribution in [-0.2, 0) is 9.53 Å². The van der Waals surface area contributed by atoms with Crippen molar-refractivity contribution in [2.75, 3.05) is 12.5 Å². The summed E-state index contributed by atoms with van der Waals surface area (Å²) in [5, 5.41) is 0. The predicted molar refractivity (Wildman–Crippen MR) is 47.8 cm³/mol. The Bertz CT molecular complexity index is 251. The van der Waals surface area contributed by atoms with E-state index in [9.17, 15) is 4.79 Å². The highest BCUT2D eigenvalue weighted by Crippen LogP contribution is 1.75. The van der Waals surface area contributed by atoms with Gasteiger partial charge < -0.3 is 4.74 Å². The number of hydrogen-bond donors (Lipinski definition) is 0. The Morgan fingerprint density at radius 3 is 3.00 bits per heavy atom. The summed E-state index contributed by atoms with van der Waals surface area (Å²) in [7, 11) is 0. The van der Waals surface area contributed by atoms with Crippen LogP contribution in [-0.4, -0.2) is 18.5 Å². The highest BCUT2D eigenvalue weighted by atomic mass is 35.5. The highest BCUT2D eigenvalue weighted by Gasteiger charge is 1.84. The zero-order valence-corrected chi connectivity index (χ0v) is 7.52. The van der Waals surface area contributed by atoms with Crippen LogP contribution in [0, 0.1) is 11.8 Å². The zero-order chi connectivity index (χ0) is 9.23. The van der Waals surface area contributed by atoms with E-state index in [0.717, 1.165) is 0 Å². The van der Waals surface area contributed by atoms with E-state index < -0.39 is 0 Å². The molecule has 0 aromatic heterocycles. The second-order valence-corrected chi connectivity index (χ2v) is 2.08. The Morgan fingerprint density at radius 2 is 2.42 bits per heavy atom. The van der Waals surface area contributed by atoms with Crippen LogP contribution in [0.1, 0.15) is 6.92 Å². The van der Waals surface area contributed by atoms with Crippen molar-refractivity contribution in [3.05, 3.63) is 17.9 Å². The van der Waals surface area contributed by atoms with Gasteiger partial charge in [-0.25, -0.2) is 0 Å². The normalized spacial score (nSPS) is 7.17. The van der Waals surface area contributed by atoms with Crippen molar-refractivity contribution in [2.24, 2.45) is 0 Å². The fourth-order valence-corrected chi connectivity index (χ4v) is 0.465. The third kappa shape index (κ3) is 8.84. The second-order valence-electron chi connectivity index (χ2n) is 1.77. The lowest BCUT2D eigenvalue weighted by Crippen LogP contribution is -1.97. The first kappa shape index (κ1) is 10.8. The number of allylic oxidation sites excluding steroid dienone is 1. The van der Waals surface area contributed by atoms with Crippen LogP contribution in [0.2, 0.25) is 0 Å². The van der Waals surface area contributed by atoms with E-state index in [1.54, 1.807) is 6.08 Å².